The van der Waals surface area contributed by atoms with Crippen molar-refractivity contribution in [2.24, 2.45) is 0 Å². The van der Waals surface area contributed by atoms with Crippen molar-refractivity contribution < 1.29 is 14.3 Å². The van der Waals surface area contributed by atoms with E-state index in [1.165, 1.54) is 0 Å². The monoisotopic (exact) mass is 319 g/mol. The maximum absolute atomic E-state index is 12.1. The van der Waals surface area contributed by atoms with Gasteiger partial charge in [-0.05, 0) is 56.0 Å². The second-order valence-corrected chi connectivity index (χ2v) is 6.66. The lowest BCUT2D eigenvalue weighted by Crippen LogP contribution is -2.38. The highest BCUT2D eigenvalue weighted by Gasteiger charge is 2.27. The Morgan fingerprint density at radius 2 is 1.95 bits per heavy atom. The highest BCUT2D eigenvalue weighted by molar-refractivity contribution is 7.99. The molecule has 22 heavy (non-hydrogen) atoms. The predicted octanol–water partition coefficient (Wildman–Crippen LogP) is 3.34. The van der Waals surface area contributed by atoms with Gasteiger partial charge < -0.3 is 14.8 Å². The number of amides is 1. The van der Waals surface area contributed by atoms with Gasteiger partial charge in [-0.2, -0.15) is 0 Å². The molecule has 2 rings (SSSR count). The van der Waals surface area contributed by atoms with Crippen molar-refractivity contribution in [2.75, 3.05) is 12.3 Å². The molecule has 0 saturated heterocycles. The molecule has 1 aromatic heterocycles. The number of thioether (sulfide) groups is 1. The normalized spacial score (nSPS) is 13.6. The standard InChI is InChI=1S/C17H21NO3S/c1-4-22-14-8-6-13(7-9-14)16(19)18-11-17(3,20)15-10-5-12(2)21-15/h5-10,20H,4,11H2,1-3H3,(H,18,19). The third-order valence-electron chi connectivity index (χ3n) is 3.29. The van der Waals surface area contributed by atoms with E-state index >= 15 is 0 Å². The van der Waals surface area contributed by atoms with E-state index in [1.54, 1.807) is 43.0 Å². The number of carbonyl (C=O) groups is 1. The maximum atomic E-state index is 12.1. The second kappa shape index (κ2) is 7.03. The van der Waals surface area contributed by atoms with Crippen LogP contribution in [0.15, 0.2) is 45.7 Å². The molecule has 2 N–H and O–H groups in total. The minimum atomic E-state index is -1.23. The van der Waals surface area contributed by atoms with Crippen LogP contribution in [0.25, 0.3) is 0 Å². The molecule has 1 heterocycles. The first-order valence-corrected chi connectivity index (χ1v) is 8.21. The lowest BCUT2D eigenvalue weighted by atomic mass is 10.0. The van der Waals surface area contributed by atoms with Crippen molar-refractivity contribution in [2.45, 2.75) is 31.3 Å². The summed E-state index contributed by atoms with van der Waals surface area (Å²) >= 11 is 1.73. The summed E-state index contributed by atoms with van der Waals surface area (Å²) in [5.41, 5.74) is -0.658. The summed E-state index contributed by atoms with van der Waals surface area (Å²) in [6.45, 7) is 5.61. The van der Waals surface area contributed by atoms with Gasteiger partial charge in [0.15, 0.2) is 0 Å². The van der Waals surface area contributed by atoms with Crippen molar-refractivity contribution in [1.82, 2.24) is 5.32 Å². The molecule has 0 aliphatic carbocycles. The summed E-state index contributed by atoms with van der Waals surface area (Å²) in [5, 5.41) is 13.1. The van der Waals surface area contributed by atoms with Crippen molar-refractivity contribution >= 4 is 17.7 Å². The van der Waals surface area contributed by atoms with Gasteiger partial charge >= 0.3 is 0 Å². The molecule has 5 heteroatoms. The smallest absolute Gasteiger partial charge is 0.251 e. The van der Waals surface area contributed by atoms with E-state index < -0.39 is 5.60 Å². The van der Waals surface area contributed by atoms with E-state index in [0.717, 1.165) is 16.4 Å². The summed E-state index contributed by atoms with van der Waals surface area (Å²) in [5.74, 6) is 1.96. The number of hydrogen-bond donors (Lipinski definition) is 2. The van der Waals surface area contributed by atoms with Crippen LogP contribution in [-0.4, -0.2) is 23.3 Å². The molecule has 1 unspecified atom stereocenters. The molecule has 4 nitrogen and oxygen atoms in total. The summed E-state index contributed by atoms with van der Waals surface area (Å²) in [7, 11) is 0. The van der Waals surface area contributed by atoms with Crippen LogP contribution in [0.4, 0.5) is 0 Å². The van der Waals surface area contributed by atoms with Crippen LogP contribution < -0.4 is 5.32 Å². The van der Waals surface area contributed by atoms with Gasteiger partial charge in [0.05, 0.1) is 6.54 Å². The van der Waals surface area contributed by atoms with E-state index in [4.69, 9.17) is 4.42 Å². The average Bonchev–Trinajstić information content (AvgIpc) is 2.93. The van der Waals surface area contributed by atoms with Crippen LogP contribution in [0, 0.1) is 6.92 Å². The Morgan fingerprint density at radius 1 is 1.27 bits per heavy atom. The Balaban J connectivity index is 1.97. The Bertz CT molecular complexity index is 632. The minimum absolute atomic E-state index is 0.0875. The van der Waals surface area contributed by atoms with Gasteiger partial charge in [0.2, 0.25) is 0 Å². The molecule has 0 aliphatic rings. The van der Waals surface area contributed by atoms with Crippen LogP contribution in [-0.2, 0) is 5.60 Å². The van der Waals surface area contributed by atoms with Crippen molar-refractivity contribution in [3.8, 4) is 0 Å². The summed E-state index contributed by atoms with van der Waals surface area (Å²) in [6, 6.07) is 10.9. The Morgan fingerprint density at radius 3 is 2.50 bits per heavy atom. The third-order valence-corrected chi connectivity index (χ3v) is 4.19. The predicted molar refractivity (Wildman–Crippen MR) is 88.2 cm³/mol. The molecular formula is C17H21NO3S. The number of hydrogen-bond acceptors (Lipinski definition) is 4. The first-order valence-electron chi connectivity index (χ1n) is 7.23. The molecular weight excluding hydrogens is 298 g/mol. The molecule has 1 amide bonds. The average molecular weight is 319 g/mol. The number of rotatable bonds is 6. The summed E-state index contributed by atoms with van der Waals surface area (Å²) in [4.78, 5) is 13.3. The summed E-state index contributed by atoms with van der Waals surface area (Å²) in [6.07, 6.45) is 0. The minimum Gasteiger partial charge on any atom is -0.463 e. The highest BCUT2D eigenvalue weighted by Crippen LogP contribution is 2.22. The number of aryl methyl sites for hydroxylation is 1. The fourth-order valence-electron chi connectivity index (χ4n) is 2.03. The number of aliphatic hydroxyl groups is 1. The Hall–Kier alpha value is -1.72. The Labute approximate surface area is 134 Å². The first-order chi connectivity index (χ1) is 10.4. The molecule has 0 spiro atoms. The molecule has 0 fully saturated rings. The lowest BCUT2D eigenvalue weighted by molar-refractivity contribution is 0.0323. The van der Waals surface area contributed by atoms with Gasteiger partial charge in [-0.3, -0.25) is 4.79 Å². The molecule has 0 bridgehead atoms. The first kappa shape index (κ1) is 16.6. The molecule has 2 aromatic rings. The fraction of sp³-hybridized carbons (Fsp3) is 0.353. The number of furan rings is 1. The van der Waals surface area contributed by atoms with Crippen LogP contribution in [0.2, 0.25) is 0 Å². The molecule has 1 atom stereocenters. The summed E-state index contributed by atoms with van der Waals surface area (Å²) < 4.78 is 5.42. The fourth-order valence-corrected chi connectivity index (χ4v) is 2.70. The molecule has 0 saturated carbocycles. The molecule has 0 aliphatic heterocycles. The zero-order valence-electron chi connectivity index (χ0n) is 13.1. The van der Waals surface area contributed by atoms with Crippen LogP contribution in [0.3, 0.4) is 0 Å². The van der Waals surface area contributed by atoms with Gasteiger partial charge in [-0.1, -0.05) is 6.92 Å². The van der Waals surface area contributed by atoms with E-state index in [1.807, 2.05) is 19.1 Å². The zero-order valence-corrected chi connectivity index (χ0v) is 13.9. The van der Waals surface area contributed by atoms with Crippen molar-refractivity contribution in [3.63, 3.8) is 0 Å². The van der Waals surface area contributed by atoms with Gasteiger partial charge in [0.1, 0.15) is 17.1 Å². The lowest BCUT2D eigenvalue weighted by Gasteiger charge is -2.21. The van der Waals surface area contributed by atoms with Gasteiger partial charge in [-0.25, -0.2) is 0 Å². The third kappa shape index (κ3) is 4.15. The zero-order chi connectivity index (χ0) is 16.2. The van der Waals surface area contributed by atoms with Crippen LogP contribution in [0.1, 0.15) is 35.7 Å². The molecule has 118 valence electrons. The van der Waals surface area contributed by atoms with Crippen molar-refractivity contribution in [3.05, 3.63) is 53.5 Å². The SMILES string of the molecule is CCSc1ccc(C(=O)NCC(C)(O)c2ccc(C)o2)cc1. The van der Waals surface area contributed by atoms with E-state index in [-0.39, 0.29) is 12.5 Å². The molecule has 0 radical (unpaired) electrons. The molecule has 1 aromatic carbocycles. The number of nitrogens with one attached hydrogen (secondary N) is 1. The van der Waals surface area contributed by atoms with Crippen LogP contribution >= 0.6 is 11.8 Å². The van der Waals surface area contributed by atoms with E-state index in [9.17, 15) is 9.90 Å². The van der Waals surface area contributed by atoms with Gasteiger partial charge in [0.25, 0.3) is 5.91 Å². The van der Waals surface area contributed by atoms with Gasteiger partial charge in [0, 0.05) is 10.5 Å². The quantitative estimate of drug-likeness (QED) is 0.802. The van der Waals surface area contributed by atoms with Crippen molar-refractivity contribution in [1.29, 1.82) is 0 Å². The number of benzene rings is 1. The van der Waals surface area contributed by atoms with E-state index in [2.05, 4.69) is 12.2 Å². The topological polar surface area (TPSA) is 62.5 Å². The van der Waals surface area contributed by atoms with Gasteiger partial charge in [-0.15, -0.1) is 11.8 Å². The van der Waals surface area contributed by atoms with E-state index in [0.29, 0.717) is 11.3 Å². The highest BCUT2D eigenvalue weighted by atomic mass is 32.2. The largest absolute Gasteiger partial charge is 0.463 e. The van der Waals surface area contributed by atoms with Crippen LogP contribution in [0.5, 0.6) is 0 Å². The number of carbonyl (C=O) groups excluding carboxylic acids is 1. The second-order valence-electron chi connectivity index (χ2n) is 5.32. The maximum Gasteiger partial charge on any atom is 0.251 e. The Kier molecular flexibility index (Phi) is 5.32.